The van der Waals surface area contributed by atoms with Gasteiger partial charge in [0.2, 0.25) is 0 Å². The van der Waals surface area contributed by atoms with Crippen molar-refractivity contribution in [1.29, 1.82) is 0 Å². The average molecular weight is 242 g/mol. The van der Waals surface area contributed by atoms with E-state index in [1.165, 1.54) is 0 Å². The van der Waals surface area contributed by atoms with Crippen molar-refractivity contribution in [2.24, 2.45) is 0 Å². The van der Waals surface area contributed by atoms with Crippen molar-refractivity contribution in [3.63, 3.8) is 0 Å². The number of rotatable bonds is 7. The van der Waals surface area contributed by atoms with Crippen molar-refractivity contribution in [3.8, 4) is 0 Å². The van der Waals surface area contributed by atoms with Crippen LogP contribution in [0.25, 0.3) is 0 Å². The summed E-state index contributed by atoms with van der Waals surface area (Å²) < 4.78 is 51.6. The van der Waals surface area contributed by atoms with Crippen molar-refractivity contribution in [2.45, 2.75) is 0 Å². The van der Waals surface area contributed by atoms with Gasteiger partial charge in [0.25, 0.3) is 0 Å². The largest absolute Gasteiger partial charge is 0.391 e. The van der Waals surface area contributed by atoms with Crippen LogP contribution in [0.2, 0.25) is 0 Å². The Morgan fingerprint density at radius 3 is 1.36 bits per heavy atom. The SMILES string of the molecule is C=COS(=O)(=O)CCS(=O)(=O)OC=C. The lowest BCUT2D eigenvalue weighted by molar-refractivity contribution is 0.435. The maximum atomic E-state index is 10.8. The van der Waals surface area contributed by atoms with E-state index in [4.69, 9.17) is 0 Å². The summed E-state index contributed by atoms with van der Waals surface area (Å²) in [6, 6.07) is 0. The lowest BCUT2D eigenvalue weighted by Crippen LogP contribution is -2.18. The molecule has 8 heteroatoms. The number of hydrogen-bond donors (Lipinski definition) is 0. The Morgan fingerprint density at radius 2 is 1.14 bits per heavy atom. The molecule has 14 heavy (non-hydrogen) atoms. The van der Waals surface area contributed by atoms with Crippen LogP contribution in [0.1, 0.15) is 0 Å². The molecule has 0 aliphatic rings. The van der Waals surface area contributed by atoms with Crippen molar-refractivity contribution < 1.29 is 25.2 Å². The maximum Gasteiger partial charge on any atom is 0.309 e. The van der Waals surface area contributed by atoms with Crippen molar-refractivity contribution in [1.82, 2.24) is 0 Å². The van der Waals surface area contributed by atoms with Crippen LogP contribution in [-0.4, -0.2) is 28.3 Å². The number of hydrogen-bond acceptors (Lipinski definition) is 6. The molecule has 0 aromatic heterocycles. The first-order chi connectivity index (χ1) is 6.33. The molecule has 0 aliphatic heterocycles. The maximum absolute atomic E-state index is 10.8. The molecule has 0 N–H and O–H groups in total. The van der Waals surface area contributed by atoms with Gasteiger partial charge in [0.1, 0.15) is 11.5 Å². The summed E-state index contributed by atoms with van der Waals surface area (Å²) in [6.45, 7) is 6.06. The minimum absolute atomic E-state index is 0.699. The second kappa shape index (κ2) is 5.01. The minimum atomic E-state index is -3.89. The Hall–Kier alpha value is -1.02. The summed E-state index contributed by atoms with van der Waals surface area (Å²) in [5, 5.41) is 0. The van der Waals surface area contributed by atoms with E-state index in [0.717, 1.165) is 0 Å². The summed E-state index contributed by atoms with van der Waals surface area (Å²) in [6.07, 6.45) is 1.41. The van der Waals surface area contributed by atoms with E-state index in [9.17, 15) is 16.8 Å². The van der Waals surface area contributed by atoms with Gasteiger partial charge < -0.3 is 8.37 Å². The molecule has 0 bridgehead atoms. The zero-order chi connectivity index (χ0) is 11.2. The topological polar surface area (TPSA) is 86.7 Å². The lowest BCUT2D eigenvalue weighted by atomic mass is 11.0. The summed E-state index contributed by atoms with van der Waals surface area (Å²) in [5.41, 5.74) is 0. The second-order valence-electron chi connectivity index (χ2n) is 2.05. The van der Waals surface area contributed by atoms with Gasteiger partial charge in [-0.15, -0.1) is 0 Å². The molecular formula is C6H10O6S2. The minimum Gasteiger partial charge on any atom is -0.391 e. The third kappa shape index (κ3) is 5.60. The average Bonchev–Trinajstić information content (AvgIpc) is 2.01. The standard InChI is InChI=1S/C6H10O6S2/c1-3-11-13(7,8)5-6-14(9,10)12-4-2/h3-4H,1-2,5-6H2. The molecule has 0 spiro atoms. The lowest BCUT2D eigenvalue weighted by Gasteiger charge is -2.03. The van der Waals surface area contributed by atoms with E-state index < -0.39 is 31.7 Å². The molecule has 0 atom stereocenters. The van der Waals surface area contributed by atoms with E-state index in [1.807, 2.05) is 0 Å². The molecule has 0 saturated carbocycles. The van der Waals surface area contributed by atoms with Crippen LogP contribution in [0.3, 0.4) is 0 Å². The van der Waals surface area contributed by atoms with E-state index in [2.05, 4.69) is 21.5 Å². The van der Waals surface area contributed by atoms with Gasteiger partial charge in [-0.05, 0) is 0 Å². The molecule has 82 valence electrons. The molecule has 0 heterocycles. The molecule has 0 aliphatic carbocycles. The first-order valence-electron chi connectivity index (χ1n) is 3.37. The quantitative estimate of drug-likeness (QED) is 0.460. The molecule has 0 aromatic carbocycles. The van der Waals surface area contributed by atoms with Crippen LogP contribution in [0.5, 0.6) is 0 Å². The Kier molecular flexibility index (Phi) is 4.64. The van der Waals surface area contributed by atoms with Gasteiger partial charge in [-0.25, -0.2) is 0 Å². The predicted octanol–water partition coefficient (Wildman–Crippen LogP) is -0.0338. The van der Waals surface area contributed by atoms with Crippen molar-refractivity contribution in [2.75, 3.05) is 11.5 Å². The third-order valence-electron chi connectivity index (χ3n) is 1.01. The van der Waals surface area contributed by atoms with Crippen LogP contribution in [0.4, 0.5) is 0 Å². The highest BCUT2D eigenvalue weighted by Gasteiger charge is 2.17. The Bertz CT molecular complexity index is 350. The molecule has 0 radical (unpaired) electrons. The van der Waals surface area contributed by atoms with Crippen LogP contribution in [-0.2, 0) is 28.6 Å². The molecule has 0 rings (SSSR count). The molecule has 0 saturated heterocycles. The smallest absolute Gasteiger partial charge is 0.309 e. The molecular weight excluding hydrogens is 232 g/mol. The van der Waals surface area contributed by atoms with E-state index >= 15 is 0 Å². The highest BCUT2D eigenvalue weighted by molar-refractivity contribution is 7.90. The van der Waals surface area contributed by atoms with Gasteiger partial charge in [0.05, 0.1) is 12.5 Å². The zero-order valence-electron chi connectivity index (χ0n) is 7.25. The fourth-order valence-corrected chi connectivity index (χ4v) is 2.75. The first-order valence-corrected chi connectivity index (χ1v) is 6.52. The van der Waals surface area contributed by atoms with E-state index in [1.54, 1.807) is 0 Å². The van der Waals surface area contributed by atoms with Crippen LogP contribution >= 0.6 is 0 Å². The van der Waals surface area contributed by atoms with Gasteiger partial charge in [0, 0.05) is 0 Å². The molecule has 0 aromatic rings. The van der Waals surface area contributed by atoms with E-state index in [0.29, 0.717) is 12.5 Å². The molecule has 0 fully saturated rings. The monoisotopic (exact) mass is 242 g/mol. The summed E-state index contributed by atoms with van der Waals surface area (Å²) in [4.78, 5) is 0. The molecule has 0 amide bonds. The third-order valence-corrected chi connectivity index (χ3v) is 3.54. The summed E-state index contributed by atoms with van der Waals surface area (Å²) >= 11 is 0. The summed E-state index contributed by atoms with van der Waals surface area (Å²) in [7, 11) is -7.79. The second-order valence-corrected chi connectivity index (χ2v) is 5.48. The molecule has 0 unspecified atom stereocenters. The van der Waals surface area contributed by atoms with Crippen LogP contribution in [0.15, 0.2) is 25.7 Å². The van der Waals surface area contributed by atoms with Gasteiger partial charge in [-0.1, -0.05) is 13.2 Å². The predicted molar refractivity (Wildman–Crippen MR) is 50.1 cm³/mol. The van der Waals surface area contributed by atoms with Gasteiger partial charge >= 0.3 is 20.2 Å². The fourth-order valence-electron chi connectivity index (χ4n) is 0.508. The fraction of sp³-hybridized carbons (Fsp3) is 0.333. The van der Waals surface area contributed by atoms with Gasteiger partial charge in [-0.2, -0.15) is 16.8 Å². The van der Waals surface area contributed by atoms with Crippen molar-refractivity contribution >= 4 is 20.2 Å². The summed E-state index contributed by atoms with van der Waals surface area (Å²) in [5.74, 6) is -1.40. The zero-order valence-corrected chi connectivity index (χ0v) is 8.88. The Labute approximate surface area is 83.1 Å². The van der Waals surface area contributed by atoms with Crippen molar-refractivity contribution in [3.05, 3.63) is 25.7 Å². The van der Waals surface area contributed by atoms with Gasteiger partial charge in [0.15, 0.2) is 0 Å². The Balaban J connectivity index is 4.32. The van der Waals surface area contributed by atoms with Crippen LogP contribution in [0, 0.1) is 0 Å². The highest BCUT2D eigenvalue weighted by Crippen LogP contribution is 1.99. The highest BCUT2D eigenvalue weighted by atomic mass is 32.2. The van der Waals surface area contributed by atoms with Gasteiger partial charge in [-0.3, -0.25) is 0 Å². The Morgan fingerprint density at radius 1 is 0.857 bits per heavy atom. The van der Waals surface area contributed by atoms with E-state index in [-0.39, 0.29) is 0 Å². The normalized spacial score (nSPS) is 11.7. The molecule has 6 nitrogen and oxygen atoms in total. The first kappa shape index (κ1) is 13.0. The van der Waals surface area contributed by atoms with Crippen LogP contribution < -0.4 is 0 Å².